The third-order valence-electron chi connectivity index (χ3n) is 3.25. The predicted octanol–water partition coefficient (Wildman–Crippen LogP) is 3.31. The molecular weight excluding hydrogens is 294 g/mol. The molecule has 1 N–H and O–H groups in total. The number of amides is 1. The lowest BCUT2D eigenvalue weighted by molar-refractivity contribution is 0.102. The highest BCUT2D eigenvalue weighted by Gasteiger charge is 2.13. The SMILES string of the molecule is COc1ccccc1C(=O)Nc1cccc(-c2nnc(C)o2)c1. The van der Waals surface area contributed by atoms with Gasteiger partial charge >= 0.3 is 0 Å². The van der Waals surface area contributed by atoms with Crippen LogP contribution >= 0.6 is 0 Å². The van der Waals surface area contributed by atoms with Crippen LogP contribution in [0.4, 0.5) is 5.69 Å². The van der Waals surface area contributed by atoms with Crippen molar-refractivity contribution in [3.63, 3.8) is 0 Å². The highest BCUT2D eigenvalue weighted by molar-refractivity contribution is 6.06. The summed E-state index contributed by atoms with van der Waals surface area (Å²) in [4.78, 5) is 12.4. The van der Waals surface area contributed by atoms with Crippen LogP contribution in [0.3, 0.4) is 0 Å². The number of carbonyl (C=O) groups is 1. The van der Waals surface area contributed by atoms with Gasteiger partial charge in [0.15, 0.2) is 0 Å². The van der Waals surface area contributed by atoms with Crippen LogP contribution < -0.4 is 10.1 Å². The van der Waals surface area contributed by atoms with Gasteiger partial charge in [0.1, 0.15) is 5.75 Å². The van der Waals surface area contributed by atoms with Gasteiger partial charge in [-0.15, -0.1) is 10.2 Å². The molecule has 1 amide bonds. The Bertz CT molecular complexity index is 842. The number of nitrogens with one attached hydrogen (secondary N) is 1. The van der Waals surface area contributed by atoms with E-state index in [0.717, 1.165) is 5.56 Å². The maximum absolute atomic E-state index is 12.4. The van der Waals surface area contributed by atoms with Crippen LogP contribution in [0.1, 0.15) is 16.2 Å². The number of benzene rings is 2. The number of aryl methyl sites for hydroxylation is 1. The number of hydrogen-bond acceptors (Lipinski definition) is 5. The van der Waals surface area contributed by atoms with E-state index in [1.54, 1.807) is 37.3 Å². The zero-order chi connectivity index (χ0) is 16.2. The molecule has 0 aliphatic carbocycles. The number of rotatable bonds is 4. The summed E-state index contributed by atoms with van der Waals surface area (Å²) in [7, 11) is 1.53. The van der Waals surface area contributed by atoms with Crippen molar-refractivity contribution in [3.8, 4) is 17.2 Å². The molecule has 1 aromatic heterocycles. The largest absolute Gasteiger partial charge is 0.496 e. The molecule has 0 aliphatic rings. The Kier molecular flexibility index (Phi) is 4.05. The van der Waals surface area contributed by atoms with Crippen LogP contribution in [0.2, 0.25) is 0 Å². The summed E-state index contributed by atoms with van der Waals surface area (Å²) in [6.07, 6.45) is 0. The van der Waals surface area contributed by atoms with Crippen LogP contribution in [-0.2, 0) is 0 Å². The summed E-state index contributed by atoms with van der Waals surface area (Å²) in [6, 6.07) is 14.3. The molecule has 0 saturated heterocycles. The highest BCUT2D eigenvalue weighted by atomic mass is 16.5. The molecule has 0 aliphatic heterocycles. The highest BCUT2D eigenvalue weighted by Crippen LogP contribution is 2.23. The Balaban J connectivity index is 1.84. The normalized spacial score (nSPS) is 10.3. The maximum atomic E-state index is 12.4. The molecule has 0 radical (unpaired) electrons. The average Bonchev–Trinajstić information content (AvgIpc) is 3.01. The van der Waals surface area contributed by atoms with Gasteiger partial charge in [0.2, 0.25) is 11.8 Å². The minimum atomic E-state index is -0.249. The first-order chi connectivity index (χ1) is 11.2. The molecule has 6 nitrogen and oxygen atoms in total. The number of aromatic nitrogens is 2. The molecule has 23 heavy (non-hydrogen) atoms. The lowest BCUT2D eigenvalue weighted by atomic mass is 10.1. The zero-order valence-electron chi connectivity index (χ0n) is 12.7. The fraction of sp³-hybridized carbons (Fsp3) is 0.118. The van der Waals surface area contributed by atoms with E-state index >= 15 is 0 Å². The summed E-state index contributed by atoms with van der Waals surface area (Å²) >= 11 is 0. The third kappa shape index (κ3) is 3.21. The number of methoxy groups -OCH3 is 1. The summed E-state index contributed by atoms with van der Waals surface area (Å²) in [5.74, 6) is 1.18. The minimum Gasteiger partial charge on any atom is -0.496 e. The molecule has 3 aromatic rings. The number of nitrogens with zero attached hydrogens (tertiary/aromatic N) is 2. The molecule has 0 bridgehead atoms. The van der Waals surface area contributed by atoms with Crippen molar-refractivity contribution in [1.29, 1.82) is 0 Å². The van der Waals surface area contributed by atoms with Crippen LogP contribution in [0.25, 0.3) is 11.5 Å². The first-order valence-electron chi connectivity index (χ1n) is 7.02. The van der Waals surface area contributed by atoms with E-state index in [2.05, 4.69) is 15.5 Å². The molecule has 0 spiro atoms. The maximum Gasteiger partial charge on any atom is 0.259 e. The molecule has 0 atom stereocenters. The number of hydrogen-bond donors (Lipinski definition) is 1. The molecule has 3 rings (SSSR count). The molecule has 2 aromatic carbocycles. The Morgan fingerprint density at radius 1 is 1.13 bits per heavy atom. The molecule has 1 heterocycles. The Hall–Kier alpha value is -3.15. The molecule has 0 fully saturated rings. The topological polar surface area (TPSA) is 77.2 Å². The molecule has 116 valence electrons. The van der Waals surface area contributed by atoms with E-state index in [-0.39, 0.29) is 5.91 Å². The summed E-state index contributed by atoms with van der Waals surface area (Å²) < 4.78 is 10.6. The van der Waals surface area contributed by atoms with Crippen molar-refractivity contribution in [2.45, 2.75) is 6.92 Å². The molecule has 6 heteroatoms. The first kappa shape index (κ1) is 14.8. The lowest BCUT2D eigenvalue weighted by Crippen LogP contribution is -2.13. The number of ether oxygens (including phenoxy) is 1. The van der Waals surface area contributed by atoms with E-state index < -0.39 is 0 Å². The molecule has 0 unspecified atom stereocenters. The molecular formula is C17H15N3O3. The van der Waals surface area contributed by atoms with E-state index in [9.17, 15) is 4.79 Å². The fourth-order valence-corrected chi connectivity index (χ4v) is 2.17. The Labute approximate surface area is 133 Å². The number of carbonyl (C=O) groups excluding carboxylic acids is 1. The molecule has 0 saturated carbocycles. The van der Waals surface area contributed by atoms with Gasteiger partial charge in [-0.1, -0.05) is 18.2 Å². The second-order valence-electron chi connectivity index (χ2n) is 4.86. The van der Waals surface area contributed by atoms with Crippen molar-refractivity contribution in [2.24, 2.45) is 0 Å². The van der Waals surface area contributed by atoms with Gasteiger partial charge in [-0.05, 0) is 30.3 Å². The summed E-state index contributed by atoms with van der Waals surface area (Å²) in [5.41, 5.74) is 1.84. The number of anilines is 1. The fourth-order valence-electron chi connectivity index (χ4n) is 2.17. The predicted molar refractivity (Wildman–Crippen MR) is 85.4 cm³/mol. The Morgan fingerprint density at radius 3 is 2.70 bits per heavy atom. The van der Waals surface area contributed by atoms with E-state index in [0.29, 0.717) is 28.8 Å². The standard InChI is InChI=1S/C17H15N3O3/c1-11-19-20-17(23-11)12-6-5-7-13(10-12)18-16(21)14-8-3-4-9-15(14)22-2/h3-10H,1-2H3,(H,18,21). The summed E-state index contributed by atoms with van der Waals surface area (Å²) in [5, 5.41) is 10.6. The van der Waals surface area contributed by atoms with Gasteiger partial charge < -0.3 is 14.5 Å². The van der Waals surface area contributed by atoms with Gasteiger partial charge in [-0.2, -0.15) is 0 Å². The van der Waals surface area contributed by atoms with Crippen molar-refractivity contribution in [2.75, 3.05) is 12.4 Å². The van der Waals surface area contributed by atoms with Gasteiger partial charge in [0, 0.05) is 18.2 Å². The van der Waals surface area contributed by atoms with E-state index in [1.807, 2.05) is 18.2 Å². The third-order valence-corrected chi connectivity index (χ3v) is 3.25. The zero-order valence-corrected chi connectivity index (χ0v) is 12.7. The van der Waals surface area contributed by atoms with Gasteiger partial charge in [0.05, 0.1) is 12.7 Å². The number of para-hydroxylation sites is 1. The van der Waals surface area contributed by atoms with Crippen LogP contribution in [0.15, 0.2) is 52.9 Å². The van der Waals surface area contributed by atoms with Gasteiger partial charge in [-0.3, -0.25) is 4.79 Å². The Morgan fingerprint density at radius 2 is 1.96 bits per heavy atom. The van der Waals surface area contributed by atoms with Crippen molar-refractivity contribution < 1.29 is 13.9 Å². The van der Waals surface area contributed by atoms with E-state index in [4.69, 9.17) is 9.15 Å². The van der Waals surface area contributed by atoms with Crippen molar-refractivity contribution >= 4 is 11.6 Å². The van der Waals surface area contributed by atoms with Crippen molar-refractivity contribution in [1.82, 2.24) is 10.2 Å². The van der Waals surface area contributed by atoms with Crippen LogP contribution in [0.5, 0.6) is 5.75 Å². The van der Waals surface area contributed by atoms with Crippen LogP contribution in [0, 0.1) is 6.92 Å². The van der Waals surface area contributed by atoms with Gasteiger partial charge in [0.25, 0.3) is 5.91 Å². The second-order valence-corrected chi connectivity index (χ2v) is 4.86. The van der Waals surface area contributed by atoms with E-state index in [1.165, 1.54) is 7.11 Å². The van der Waals surface area contributed by atoms with Crippen molar-refractivity contribution in [3.05, 3.63) is 60.0 Å². The first-order valence-corrected chi connectivity index (χ1v) is 7.02. The van der Waals surface area contributed by atoms with Crippen LogP contribution in [-0.4, -0.2) is 23.2 Å². The quantitative estimate of drug-likeness (QED) is 0.800. The minimum absolute atomic E-state index is 0.249. The summed E-state index contributed by atoms with van der Waals surface area (Å²) in [6.45, 7) is 1.73. The average molecular weight is 309 g/mol. The second kappa shape index (κ2) is 6.31. The van der Waals surface area contributed by atoms with Gasteiger partial charge in [-0.25, -0.2) is 0 Å². The monoisotopic (exact) mass is 309 g/mol. The smallest absolute Gasteiger partial charge is 0.259 e. The lowest BCUT2D eigenvalue weighted by Gasteiger charge is -2.09.